The number of nitrogens with one attached hydrogen (secondary N) is 1. The smallest absolute Gasteiger partial charge is 0.475 e. The number of alkyl halides is 3. The molecule has 1 saturated heterocycles. The van der Waals surface area contributed by atoms with Gasteiger partial charge in [0.2, 0.25) is 0 Å². The fraction of sp³-hybridized carbons (Fsp3) is 0.500. The van der Waals surface area contributed by atoms with Gasteiger partial charge in [0.1, 0.15) is 5.82 Å². The summed E-state index contributed by atoms with van der Waals surface area (Å²) in [5.74, 6) is -1.81. The molecule has 6 nitrogen and oxygen atoms in total. The molecule has 0 saturated carbocycles. The Balaban J connectivity index is 0.000000351. The topological polar surface area (TPSA) is 84.2 Å². The van der Waals surface area contributed by atoms with Crippen molar-refractivity contribution < 1.29 is 27.9 Å². The van der Waals surface area contributed by atoms with Gasteiger partial charge in [0.15, 0.2) is 5.12 Å². The van der Waals surface area contributed by atoms with Gasteiger partial charge in [0.25, 0.3) is 0 Å². The molecule has 10 heteroatoms. The van der Waals surface area contributed by atoms with E-state index in [1.807, 2.05) is 17.8 Å². The molecule has 0 bridgehead atoms. The van der Waals surface area contributed by atoms with Gasteiger partial charge in [-0.1, -0.05) is 11.8 Å². The lowest BCUT2D eigenvalue weighted by Crippen LogP contribution is -2.32. The van der Waals surface area contributed by atoms with Gasteiger partial charge in [-0.25, -0.2) is 9.78 Å². The quantitative estimate of drug-likeness (QED) is 0.835. The molecular formula is C14H18F3N3O3S. The molecule has 1 aromatic rings. The summed E-state index contributed by atoms with van der Waals surface area (Å²) in [7, 11) is 1.97. The van der Waals surface area contributed by atoms with Crippen LogP contribution in [0.5, 0.6) is 0 Å². The summed E-state index contributed by atoms with van der Waals surface area (Å²) in [4.78, 5) is 24.4. The van der Waals surface area contributed by atoms with Gasteiger partial charge in [-0.2, -0.15) is 13.2 Å². The molecular weight excluding hydrogens is 347 g/mol. The number of thioether (sulfide) groups is 1. The number of piperidine rings is 1. The van der Waals surface area contributed by atoms with Gasteiger partial charge in [-0.3, -0.25) is 4.79 Å². The molecule has 1 atom stereocenters. The van der Waals surface area contributed by atoms with Crippen LogP contribution in [0.25, 0.3) is 6.08 Å². The van der Waals surface area contributed by atoms with E-state index >= 15 is 0 Å². The summed E-state index contributed by atoms with van der Waals surface area (Å²) in [5, 5.41) is 10.9. The summed E-state index contributed by atoms with van der Waals surface area (Å²) in [5.41, 5.74) is 1.26. The largest absolute Gasteiger partial charge is 0.490 e. The Morgan fingerprint density at radius 3 is 2.58 bits per heavy atom. The van der Waals surface area contributed by atoms with E-state index in [0.29, 0.717) is 5.25 Å². The third-order valence-corrected chi connectivity index (χ3v) is 4.20. The Kier molecular flexibility index (Phi) is 7.49. The average Bonchev–Trinajstić information content (AvgIpc) is 2.85. The van der Waals surface area contributed by atoms with Gasteiger partial charge < -0.3 is 15.0 Å². The molecule has 134 valence electrons. The van der Waals surface area contributed by atoms with E-state index in [0.717, 1.165) is 25.3 Å². The number of nitrogens with zero attached hydrogens (tertiary/aromatic N) is 2. The average molecular weight is 365 g/mol. The maximum absolute atomic E-state index is 11.2. The second kappa shape index (κ2) is 8.88. The van der Waals surface area contributed by atoms with Gasteiger partial charge in [0, 0.05) is 38.2 Å². The van der Waals surface area contributed by atoms with Crippen molar-refractivity contribution >= 4 is 28.9 Å². The Labute approximate surface area is 141 Å². The van der Waals surface area contributed by atoms with E-state index in [1.165, 1.54) is 17.3 Å². The fourth-order valence-electron chi connectivity index (χ4n) is 1.93. The molecule has 2 rings (SSSR count). The molecule has 0 aromatic carbocycles. The lowest BCUT2D eigenvalue weighted by atomic mass is 10.1. The van der Waals surface area contributed by atoms with Gasteiger partial charge in [-0.15, -0.1) is 0 Å². The van der Waals surface area contributed by atoms with Crippen LogP contribution in [-0.4, -0.2) is 50.3 Å². The van der Waals surface area contributed by atoms with Gasteiger partial charge in [-0.05, 0) is 24.6 Å². The highest BCUT2D eigenvalue weighted by Gasteiger charge is 2.38. The second-order valence-corrected chi connectivity index (χ2v) is 6.36. The van der Waals surface area contributed by atoms with Crippen LogP contribution >= 0.6 is 11.8 Å². The minimum absolute atomic E-state index is 0.183. The lowest BCUT2D eigenvalue weighted by Gasteiger charge is -2.24. The first-order chi connectivity index (χ1) is 11.1. The molecule has 0 aliphatic carbocycles. The van der Waals surface area contributed by atoms with Crippen molar-refractivity contribution in [2.45, 2.75) is 24.8 Å². The number of aliphatic carboxylic acids is 1. The van der Waals surface area contributed by atoms with E-state index < -0.39 is 12.1 Å². The summed E-state index contributed by atoms with van der Waals surface area (Å²) in [6.07, 6.45) is 1.72. The number of carboxylic acid groups (broad SMARTS) is 1. The lowest BCUT2D eigenvalue weighted by molar-refractivity contribution is -0.192. The predicted molar refractivity (Wildman–Crippen MR) is 84.4 cm³/mol. The van der Waals surface area contributed by atoms with Crippen LogP contribution in [0.1, 0.15) is 19.2 Å². The first-order valence-electron chi connectivity index (χ1n) is 6.97. The van der Waals surface area contributed by atoms with Crippen LogP contribution in [0.3, 0.4) is 0 Å². The molecule has 1 aromatic heterocycles. The van der Waals surface area contributed by atoms with E-state index in [4.69, 9.17) is 9.90 Å². The van der Waals surface area contributed by atoms with Gasteiger partial charge in [0.05, 0.1) is 0 Å². The van der Waals surface area contributed by atoms with Crippen molar-refractivity contribution in [2.24, 2.45) is 7.05 Å². The van der Waals surface area contributed by atoms with Crippen LogP contribution < -0.4 is 5.32 Å². The highest BCUT2D eigenvalue weighted by Crippen LogP contribution is 2.26. The Hall–Kier alpha value is -1.81. The van der Waals surface area contributed by atoms with Gasteiger partial charge >= 0.3 is 12.1 Å². The first kappa shape index (κ1) is 20.2. The molecule has 1 unspecified atom stereocenters. The zero-order valence-electron chi connectivity index (χ0n) is 13.1. The maximum Gasteiger partial charge on any atom is 0.490 e. The summed E-state index contributed by atoms with van der Waals surface area (Å²) >= 11 is 1.43. The number of carbonyl (C=O) groups excluding carboxylic acids is 1. The van der Waals surface area contributed by atoms with Crippen molar-refractivity contribution in [1.29, 1.82) is 0 Å². The molecule has 24 heavy (non-hydrogen) atoms. The number of rotatable bonds is 2. The number of carboxylic acids is 1. The molecule has 2 N–H and O–H groups in total. The second-order valence-electron chi connectivity index (χ2n) is 4.98. The fourth-order valence-corrected chi connectivity index (χ4v) is 2.87. The summed E-state index contributed by atoms with van der Waals surface area (Å²) < 4.78 is 33.7. The number of imidazole rings is 1. The standard InChI is InChI=1S/C12H17N3OS.C2HF3O2/c1-9(16)17-11-3-4-13-8-10(11)7-12-14-5-6-15(12)2;3-2(4,5)1(6)7/h5-7,11,13H,3-4,8H2,1-2H3;(H,6,7). The van der Waals surface area contributed by atoms with E-state index in [1.54, 1.807) is 13.1 Å². The molecule has 0 spiro atoms. The van der Waals surface area contributed by atoms with Crippen LogP contribution in [0, 0.1) is 0 Å². The van der Waals surface area contributed by atoms with Crippen LogP contribution in [0.2, 0.25) is 0 Å². The van der Waals surface area contributed by atoms with E-state index in [9.17, 15) is 18.0 Å². The van der Waals surface area contributed by atoms with Crippen molar-refractivity contribution in [2.75, 3.05) is 13.1 Å². The molecule has 0 radical (unpaired) electrons. The normalized spacial score (nSPS) is 19.5. The maximum atomic E-state index is 11.2. The summed E-state index contributed by atoms with van der Waals surface area (Å²) in [6.45, 7) is 3.45. The zero-order valence-corrected chi connectivity index (χ0v) is 13.9. The number of carbonyl (C=O) groups is 2. The van der Waals surface area contributed by atoms with Crippen molar-refractivity contribution in [1.82, 2.24) is 14.9 Å². The van der Waals surface area contributed by atoms with Crippen molar-refractivity contribution in [3.8, 4) is 0 Å². The van der Waals surface area contributed by atoms with Crippen LogP contribution in [0.15, 0.2) is 18.0 Å². The SMILES string of the molecule is CC(=O)SC1CCNCC1=Cc1nccn1C.O=C(O)C(F)(F)F. The number of halogens is 3. The summed E-state index contributed by atoms with van der Waals surface area (Å²) in [6, 6.07) is 0. The molecule has 2 heterocycles. The monoisotopic (exact) mass is 365 g/mol. The van der Waals surface area contributed by atoms with Crippen LogP contribution in [0.4, 0.5) is 13.2 Å². The Morgan fingerprint density at radius 1 is 1.50 bits per heavy atom. The Bertz CT molecular complexity index is 614. The third-order valence-electron chi connectivity index (χ3n) is 3.05. The molecule has 1 fully saturated rings. The number of aromatic nitrogens is 2. The van der Waals surface area contributed by atoms with E-state index in [2.05, 4.69) is 16.4 Å². The number of aryl methyl sites for hydroxylation is 1. The first-order valence-corrected chi connectivity index (χ1v) is 7.85. The zero-order chi connectivity index (χ0) is 18.3. The number of hydrogen-bond acceptors (Lipinski definition) is 5. The number of hydrogen-bond donors (Lipinski definition) is 2. The van der Waals surface area contributed by atoms with E-state index in [-0.39, 0.29) is 5.12 Å². The van der Waals surface area contributed by atoms with Crippen molar-refractivity contribution in [3.05, 3.63) is 23.8 Å². The van der Waals surface area contributed by atoms with Crippen LogP contribution in [-0.2, 0) is 16.6 Å². The minimum atomic E-state index is -5.08. The van der Waals surface area contributed by atoms with Crippen molar-refractivity contribution in [3.63, 3.8) is 0 Å². The Morgan fingerprint density at radius 2 is 2.12 bits per heavy atom. The third kappa shape index (κ3) is 6.75. The highest BCUT2D eigenvalue weighted by atomic mass is 32.2. The molecule has 0 amide bonds. The molecule has 1 aliphatic rings. The highest BCUT2D eigenvalue weighted by molar-refractivity contribution is 8.14. The molecule has 1 aliphatic heterocycles. The minimum Gasteiger partial charge on any atom is -0.475 e. The predicted octanol–water partition coefficient (Wildman–Crippen LogP) is 2.08.